The van der Waals surface area contributed by atoms with E-state index in [1.54, 1.807) is 19.2 Å². The van der Waals surface area contributed by atoms with Crippen molar-refractivity contribution in [1.29, 1.82) is 0 Å². The van der Waals surface area contributed by atoms with Gasteiger partial charge in [0.2, 0.25) is 5.89 Å². The quantitative estimate of drug-likeness (QED) is 0.802. The van der Waals surface area contributed by atoms with E-state index >= 15 is 0 Å². The van der Waals surface area contributed by atoms with Crippen molar-refractivity contribution in [2.45, 2.75) is 13.1 Å². The molecule has 1 aromatic heterocycles. The highest BCUT2D eigenvalue weighted by Gasteiger charge is 2.30. The molecule has 2 aromatic rings. The maximum absolute atomic E-state index is 12.5. The van der Waals surface area contributed by atoms with Gasteiger partial charge < -0.3 is 4.42 Å². The van der Waals surface area contributed by atoms with Gasteiger partial charge in [-0.05, 0) is 30.7 Å². The minimum absolute atomic E-state index is 0.366. The van der Waals surface area contributed by atoms with E-state index in [0.717, 1.165) is 12.1 Å². The average Bonchev–Trinajstić information content (AvgIpc) is 2.72. The minimum atomic E-state index is -4.33. The Kier molecular flexibility index (Phi) is 3.23. The van der Waals surface area contributed by atoms with Crippen LogP contribution in [0.5, 0.6) is 0 Å². The van der Waals surface area contributed by atoms with Gasteiger partial charge in [0.25, 0.3) is 0 Å². The summed E-state index contributed by atoms with van der Waals surface area (Å²) in [5.74, 6) is 1.02. The van der Waals surface area contributed by atoms with Gasteiger partial charge in [-0.25, -0.2) is 4.98 Å². The van der Waals surface area contributed by atoms with E-state index in [4.69, 9.17) is 4.42 Å². The van der Waals surface area contributed by atoms with Crippen LogP contribution in [0.1, 0.15) is 22.8 Å². The zero-order valence-electron chi connectivity index (χ0n) is 9.53. The number of hydrogen-bond donors (Lipinski definition) is 0. The number of benzene rings is 1. The molecule has 0 aliphatic rings. The molecular formula is C13H10F3NO. The van der Waals surface area contributed by atoms with Crippen LogP contribution in [0.4, 0.5) is 13.2 Å². The van der Waals surface area contributed by atoms with Crippen molar-refractivity contribution < 1.29 is 17.6 Å². The van der Waals surface area contributed by atoms with Gasteiger partial charge in [0, 0.05) is 6.08 Å². The first kappa shape index (κ1) is 12.4. The monoisotopic (exact) mass is 253 g/mol. The fraction of sp³-hybridized carbons (Fsp3) is 0.154. The molecule has 0 radical (unpaired) electrons. The zero-order valence-corrected chi connectivity index (χ0v) is 9.53. The van der Waals surface area contributed by atoms with E-state index in [9.17, 15) is 13.2 Å². The number of alkyl halides is 3. The number of halogens is 3. The summed E-state index contributed by atoms with van der Waals surface area (Å²) in [5, 5.41) is 0. The summed E-state index contributed by atoms with van der Waals surface area (Å²) < 4.78 is 42.6. The van der Waals surface area contributed by atoms with Crippen LogP contribution in [-0.2, 0) is 6.18 Å². The third-order valence-corrected chi connectivity index (χ3v) is 2.27. The second-order valence-electron chi connectivity index (χ2n) is 3.77. The predicted octanol–water partition coefficient (Wildman–Crippen LogP) is 4.17. The summed E-state index contributed by atoms with van der Waals surface area (Å²) in [7, 11) is 0. The zero-order chi connectivity index (χ0) is 13.2. The predicted molar refractivity (Wildman–Crippen MR) is 61.6 cm³/mol. The van der Waals surface area contributed by atoms with Crippen molar-refractivity contribution in [3.8, 4) is 0 Å². The van der Waals surface area contributed by atoms with Crippen molar-refractivity contribution in [2.24, 2.45) is 0 Å². The molecule has 0 bridgehead atoms. The molecule has 0 N–H and O–H groups in total. The summed E-state index contributed by atoms with van der Waals surface area (Å²) in [6.07, 6.45) is 0.276. The van der Waals surface area contributed by atoms with E-state index in [1.165, 1.54) is 18.2 Å². The van der Waals surface area contributed by atoms with E-state index < -0.39 is 11.7 Å². The normalized spacial score (nSPS) is 12.2. The highest BCUT2D eigenvalue weighted by atomic mass is 19.4. The SMILES string of the molecule is Cc1cnc(C=Cc2cccc(C(F)(F)F)c2)o1. The first-order valence-corrected chi connectivity index (χ1v) is 5.23. The van der Waals surface area contributed by atoms with Gasteiger partial charge in [0.05, 0.1) is 11.8 Å². The Morgan fingerprint density at radius 2 is 2.00 bits per heavy atom. The van der Waals surface area contributed by atoms with Gasteiger partial charge >= 0.3 is 6.18 Å². The third kappa shape index (κ3) is 3.00. The molecule has 0 aliphatic carbocycles. The largest absolute Gasteiger partial charge is 0.442 e. The lowest BCUT2D eigenvalue weighted by Crippen LogP contribution is -2.04. The molecule has 0 atom stereocenters. The second-order valence-corrected chi connectivity index (χ2v) is 3.77. The van der Waals surface area contributed by atoms with E-state index in [-0.39, 0.29) is 0 Å². The Morgan fingerprint density at radius 1 is 1.22 bits per heavy atom. The van der Waals surface area contributed by atoms with Crippen molar-refractivity contribution in [2.75, 3.05) is 0 Å². The van der Waals surface area contributed by atoms with Gasteiger partial charge in [-0.3, -0.25) is 0 Å². The highest BCUT2D eigenvalue weighted by molar-refractivity contribution is 5.66. The molecular weight excluding hydrogens is 243 g/mol. The van der Waals surface area contributed by atoms with E-state index in [0.29, 0.717) is 17.2 Å². The Morgan fingerprint density at radius 3 is 2.61 bits per heavy atom. The standard InChI is InChI=1S/C13H10F3NO/c1-9-8-17-12(18-9)6-5-10-3-2-4-11(7-10)13(14,15)16/h2-8H,1H3. The molecule has 2 rings (SSSR count). The average molecular weight is 253 g/mol. The van der Waals surface area contributed by atoms with E-state index in [2.05, 4.69) is 4.98 Å². The van der Waals surface area contributed by atoms with Crippen molar-refractivity contribution in [3.05, 3.63) is 53.2 Å². The Bertz CT molecular complexity index is 570. The van der Waals surface area contributed by atoms with Gasteiger partial charge in [-0.15, -0.1) is 0 Å². The molecule has 0 spiro atoms. The van der Waals surface area contributed by atoms with Crippen LogP contribution in [0, 0.1) is 6.92 Å². The number of nitrogens with zero attached hydrogens (tertiary/aromatic N) is 1. The molecule has 5 heteroatoms. The minimum Gasteiger partial charge on any atom is -0.442 e. The Balaban J connectivity index is 2.22. The summed E-state index contributed by atoms with van der Waals surface area (Å²) in [4.78, 5) is 3.93. The maximum atomic E-state index is 12.5. The third-order valence-electron chi connectivity index (χ3n) is 2.27. The number of rotatable bonds is 2. The van der Waals surface area contributed by atoms with Crippen LogP contribution in [0.25, 0.3) is 12.2 Å². The smallest absolute Gasteiger partial charge is 0.416 e. The molecule has 0 amide bonds. The van der Waals surface area contributed by atoms with Crippen LogP contribution >= 0.6 is 0 Å². The molecule has 0 saturated heterocycles. The lowest BCUT2D eigenvalue weighted by molar-refractivity contribution is -0.137. The molecule has 0 fully saturated rings. The Labute approximate surface area is 102 Å². The topological polar surface area (TPSA) is 26.0 Å². The molecule has 0 aliphatic heterocycles. The van der Waals surface area contributed by atoms with Crippen molar-refractivity contribution >= 4 is 12.2 Å². The van der Waals surface area contributed by atoms with Crippen molar-refractivity contribution in [3.63, 3.8) is 0 Å². The van der Waals surface area contributed by atoms with Crippen LogP contribution in [0.15, 0.2) is 34.9 Å². The molecule has 2 nitrogen and oxygen atoms in total. The summed E-state index contributed by atoms with van der Waals surface area (Å²) >= 11 is 0. The first-order chi connectivity index (χ1) is 8.45. The Hall–Kier alpha value is -2.04. The fourth-order valence-corrected chi connectivity index (χ4v) is 1.44. The molecule has 94 valence electrons. The molecule has 0 saturated carbocycles. The van der Waals surface area contributed by atoms with Crippen molar-refractivity contribution in [1.82, 2.24) is 4.98 Å². The van der Waals surface area contributed by atoms with Crippen LogP contribution in [0.3, 0.4) is 0 Å². The number of aryl methyl sites for hydroxylation is 1. The lowest BCUT2D eigenvalue weighted by Gasteiger charge is -2.06. The van der Waals surface area contributed by atoms with Gasteiger partial charge in [-0.2, -0.15) is 13.2 Å². The molecule has 0 unspecified atom stereocenters. The maximum Gasteiger partial charge on any atom is 0.416 e. The first-order valence-electron chi connectivity index (χ1n) is 5.23. The second kappa shape index (κ2) is 4.68. The van der Waals surface area contributed by atoms with E-state index in [1.807, 2.05) is 0 Å². The molecule has 1 heterocycles. The summed E-state index contributed by atoms with van der Waals surface area (Å²) in [5.41, 5.74) is -0.228. The van der Waals surface area contributed by atoms with Crippen LogP contribution in [-0.4, -0.2) is 4.98 Å². The highest BCUT2D eigenvalue weighted by Crippen LogP contribution is 2.29. The van der Waals surface area contributed by atoms with Gasteiger partial charge in [0.1, 0.15) is 5.76 Å². The van der Waals surface area contributed by atoms with Crippen LogP contribution in [0.2, 0.25) is 0 Å². The fourth-order valence-electron chi connectivity index (χ4n) is 1.44. The summed E-state index contributed by atoms with van der Waals surface area (Å²) in [6.45, 7) is 1.74. The number of hydrogen-bond acceptors (Lipinski definition) is 2. The molecule has 18 heavy (non-hydrogen) atoms. The van der Waals surface area contributed by atoms with Gasteiger partial charge in [0.15, 0.2) is 0 Å². The molecule has 1 aromatic carbocycles. The lowest BCUT2D eigenvalue weighted by atomic mass is 10.1. The van der Waals surface area contributed by atoms with Crippen LogP contribution < -0.4 is 0 Å². The number of oxazole rings is 1. The summed E-state index contributed by atoms with van der Waals surface area (Å²) in [6, 6.07) is 5.06. The number of aromatic nitrogens is 1. The van der Waals surface area contributed by atoms with Gasteiger partial charge in [-0.1, -0.05) is 12.1 Å².